The average molecular weight is 289 g/mol. The van der Waals surface area contributed by atoms with Crippen molar-refractivity contribution in [3.05, 3.63) is 35.9 Å². The van der Waals surface area contributed by atoms with E-state index in [1.807, 2.05) is 6.08 Å². The van der Waals surface area contributed by atoms with Crippen LogP contribution in [0.4, 0.5) is 13.2 Å². The summed E-state index contributed by atoms with van der Waals surface area (Å²) < 4.78 is 36.6. The Morgan fingerprint density at radius 1 is 1.42 bits per heavy atom. The van der Waals surface area contributed by atoms with Gasteiger partial charge in [-0.05, 0) is 35.9 Å². The Kier molecular flexibility index (Phi) is 5.95. The van der Waals surface area contributed by atoms with Gasteiger partial charge in [0.05, 0.1) is 0 Å². The predicted octanol–water partition coefficient (Wildman–Crippen LogP) is 3.84. The topological polar surface area (TPSA) is 29.1 Å². The number of halogens is 3. The van der Waals surface area contributed by atoms with Gasteiger partial charge >= 0.3 is 5.51 Å². The molecule has 0 heterocycles. The van der Waals surface area contributed by atoms with Crippen LogP contribution in [0.15, 0.2) is 35.2 Å². The lowest BCUT2D eigenvalue weighted by Crippen LogP contribution is -2.20. The first-order valence-electron chi connectivity index (χ1n) is 5.63. The summed E-state index contributed by atoms with van der Waals surface area (Å²) in [5, 5.41) is 2.63. The van der Waals surface area contributed by atoms with E-state index >= 15 is 0 Å². The zero-order chi connectivity index (χ0) is 14.3. The molecule has 6 heteroatoms. The molecule has 0 spiro atoms. The van der Waals surface area contributed by atoms with E-state index < -0.39 is 5.51 Å². The van der Waals surface area contributed by atoms with Gasteiger partial charge in [-0.25, -0.2) is 0 Å². The fourth-order valence-corrected chi connectivity index (χ4v) is 1.98. The number of amides is 1. The van der Waals surface area contributed by atoms with E-state index in [1.54, 1.807) is 18.2 Å². The molecule has 19 heavy (non-hydrogen) atoms. The van der Waals surface area contributed by atoms with Gasteiger partial charge < -0.3 is 5.32 Å². The Morgan fingerprint density at radius 3 is 2.79 bits per heavy atom. The first kappa shape index (κ1) is 15.6. The van der Waals surface area contributed by atoms with E-state index in [2.05, 4.69) is 5.32 Å². The summed E-state index contributed by atoms with van der Waals surface area (Å²) in [6, 6.07) is 6.22. The minimum atomic E-state index is -4.27. The molecule has 0 fully saturated rings. The Labute approximate surface area is 114 Å². The average Bonchev–Trinajstić information content (AvgIpc) is 2.26. The van der Waals surface area contributed by atoms with Gasteiger partial charge in [0.15, 0.2) is 0 Å². The van der Waals surface area contributed by atoms with Crippen molar-refractivity contribution >= 4 is 23.7 Å². The first-order valence-corrected chi connectivity index (χ1v) is 6.45. The molecule has 1 aromatic carbocycles. The van der Waals surface area contributed by atoms with Crippen LogP contribution in [0.3, 0.4) is 0 Å². The largest absolute Gasteiger partial charge is 0.446 e. The molecule has 0 saturated carbocycles. The zero-order valence-corrected chi connectivity index (χ0v) is 11.1. The van der Waals surface area contributed by atoms with E-state index in [9.17, 15) is 18.0 Å². The molecule has 0 unspecified atom stereocenters. The van der Waals surface area contributed by atoms with Gasteiger partial charge in [0.2, 0.25) is 5.91 Å². The number of thioether (sulfide) groups is 1. The Morgan fingerprint density at radius 2 is 2.16 bits per heavy atom. The number of hydrogen-bond acceptors (Lipinski definition) is 2. The Balaban J connectivity index is 2.52. The van der Waals surface area contributed by atoms with Crippen LogP contribution in [0.25, 0.3) is 6.08 Å². The molecule has 0 aliphatic rings. The molecule has 1 rings (SSSR count). The molecule has 1 amide bonds. The van der Waals surface area contributed by atoms with Crippen molar-refractivity contribution in [1.29, 1.82) is 0 Å². The van der Waals surface area contributed by atoms with Crippen LogP contribution < -0.4 is 5.32 Å². The van der Waals surface area contributed by atoms with Gasteiger partial charge in [0, 0.05) is 18.4 Å². The lowest BCUT2D eigenvalue weighted by atomic mass is 10.2. The predicted molar refractivity (Wildman–Crippen MR) is 70.7 cm³/mol. The third-order valence-corrected chi connectivity index (χ3v) is 2.81. The molecule has 0 atom stereocenters. The molecule has 0 aromatic heterocycles. The lowest BCUT2D eigenvalue weighted by molar-refractivity contribution is -0.118. The maximum Gasteiger partial charge on any atom is 0.446 e. The van der Waals surface area contributed by atoms with E-state index in [1.165, 1.54) is 19.1 Å². The molecular weight excluding hydrogens is 275 g/mol. The summed E-state index contributed by atoms with van der Waals surface area (Å²) >= 11 is -0.128. The number of alkyl halides is 3. The highest BCUT2D eigenvalue weighted by Gasteiger charge is 2.29. The van der Waals surface area contributed by atoms with Crippen LogP contribution in [0.5, 0.6) is 0 Å². The van der Waals surface area contributed by atoms with Crippen molar-refractivity contribution in [3.63, 3.8) is 0 Å². The summed E-state index contributed by atoms with van der Waals surface area (Å²) in [6.45, 7) is 1.95. The summed E-state index contributed by atoms with van der Waals surface area (Å²) in [7, 11) is 0. The van der Waals surface area contributed by atoms with Crippen molar-refractivity contribution < 1.29 is 18.0 Å². The molecule has 0 aliphatic carbocycles. The summed E-state index contributed by atoms with van der Waals surface area (Å²) in [6.07, 6.45) is 4.19. The van der Waals surface area contributed by atoms with Crippen LogP contribution in [-0.2, 0) is 4.79 Å². The van der Waals surface area contributed by atoms with Crippen molar-refractivity contribution in [1.82, 2.24) is 5.32 Å². The first-order chi connectivity index (χ1) is 8.87. The van der Waals surface area contributed by atoms with Crippen molar-refractivity contribution in [3.8, 4) is 0 Å². The molecule has 0 radical (unpaired) electrons. The number of benzene rings is 1. The highest BCUT2D eigenvalue weighted by atomic mass is 32.2. The molecule has 0 saturated heterocycles. The van der Waals surface area contributed by atoms with Crippen LogP contribution in [0, 0.1) is 0 Å². The Bertz CT molecular complexity index is 457. The fourth-order valence-electron chi connectivity index (χ4n) is 1.37. The van der Waals surface area contributed by atoms with Crippen LogP contribution in [0.1, 0.15) is 18.9 Å². The van der Waals surface area contributed by atoms with Crippen LogP contribution in [0.2, 0.25) is 0 Å². The third-order valence-electron chi connectivity index (χ3n) is 2.09. The van der Waals surface area contributed by atoms with Gasteiger partial charge in [-0.1, -0.05) is 24.3 Å². The minimum absolute atomic E-state index is 0.100. The monoisotopic (exact) mass is 289 g/mol. The second-order valence-corrected chi connectivity index (χ2v) is 4.93. The molecule has 1 N–H and O–H groups in total. The Hall–Kier alpha value is -1.43. The van der Waals surface area contributed by atoms with Gasteiger partial charge in [-0.15, -0.1) is 0 Å². The zero-order valence-electron chi connectivity index (χ0n) is 10.3. The lowest BCUT2D eigenvalue weighted by Gasteiger charge is -2.05. The van der Waals surface area contributed by atoms with Gasteiger partial charge in [-0.3, -0.25) is 4.79 Å². The van der Waals surface area contributed by atoms with Crippen molar-refractivity contribution in [2.24, 2.45) is 0 Å². The third kappa shape index (κ3) is 7.56. The molecule has 0 aliphatic heterocycles. The SMILES string of the molecule is CC(=O)NCCC=Cc1cccc(SC(F)(F)F)c1. The van der Waals surface area contributed by atoms with Crippen molar-refractivity contribution in [2.45, 2.75) is 23.7 Å². The number of rotatable bonds is 5. The smallest absolute Gasteiger partial charge is 0.356 e. The van der Waals surface area contributed by atoms with Crippen LogP contribution >= 0.6 is 11.8 Å². The maximum atomic E-state index is 12.2. The highest BCUT2D eigenvalue weighted by molar-refractivity contribution is 8.00. The van der Waals surface area contributed by atoms with Gasteiger partial charge in [0.1, 0.15) is 0 Å². The van der Waals surface area contributed by atoms with Gasteiger partial charge in [0.25, 0.3) is 0 Å². The quantitative estimate of drug-likeness (QED) is 0.659. The molecule has 104 valence electrons. The van der Waals surface area contributed by atoms with Crippen molar-refractivity contribution in [2.75, 3.05) is 6.54 Å². The van der Waals surface area contributed by atoms with E-state index in [0.717, 1.165) is 0 Å². The molecule has 2 nitrogen and oxygen atoms in total. The standard InChI is InChI=1S/C13H14F3NOS/c1-10(18)17-8-3-2-5-11-6-4-7-12(9-11)19-13(14,15)16/h2,4-7,9H,3,8H2,1H3,(H,17,18). The van der Waals surface area contributed by atoms with E-state index in [4.69, 9.17) is 0 Å². The van der Waals surface area contributed by atoms with E-state index in [-0.39, 0.29) is 22.6 Å². The number of nitrogens with one attached hydrogen (secondary N) is 1. The fraction of sp³-hybridized carbons (Fsp3) is 0.308. The number of carbonyl (C=O) groups excluding carboxylic acids is 1. The molecular formula is C13H14F3NOS. The maximum absolute atomic E-state index is 12.2. The summed E-state index contributed by atoms with van der Waals surface area (Å²) in [5.41, 5.74) is -3.56. The summed E-state index contributed by atoms with van der Waals surface area (Å²) in [5.74, 6) is -0.100. The minimum Gasteiger partial charge on any atom is -0.356 e. The second kappa shape index (κ2) is 7.23. The second-order valence-electron chi connectivity index (χ2n) is 3.79. The van der Waals surface area contributed by atoms with E-state index in [0.29, 0.717) is 18.5 Å². The number of hydrogen-bond donors (Lipinski definition) is 1. The molecule has 1 aromatic rings. The van der Waals surface area contributed by atoms with Gasteiger partial charge in [-0.2, -0.15) is 13.2 Å². The summed E-state index contributed by atoms with van der Waals surface area (Å²) in [4.78, 5) is 10.8. The number of carbonyl (C=O) groups is 1. The normalized spacial score (nSPS) is 11.8. The van der Waals surface area contributed by atoms with Crippen LogP contribution in [-0.4, -0.2) is 18.0 Å². The molecule has 0 bridgehead atoms. The highest BCUT2D eigenvalue weighted by Crippen LogP contribution is 2.36.